The molecule has 3 aromatic rings. The topological polar surface area (TPSA) is 56.5 Å². The van der Waals surface area contributed by atoms with E-state index in [1.807, 2.05) is 31.2 Å². The van der Waals surface area contributed by atoms with Gasteiger partial charge in [-0.1, -0.05) is 37.6 Å². The number of aryl methyl sites for hydroxylation is 1. The van der Waals surface area contributed by atoms with E-state index >= 15 is 0 Å². The van der Waals surface area contributed by atoms with E-state index in [2.05, 4.69) is 23.9 Å². The summed E-state index contributed by atoms with van der Waals surface area (Å²) in [6, 6.07) is 9.30. The van der Waals surface area contributed by atoms with Gasteiger partial charge in [0.2, 0.25) is 0 Å². The zero-order valence-electron chi connectivity index (χ0n) is 14.7. The Morgan fingerprint density at radius 1 is 1.32 bits per heavy atom. The van der Waals surface area contributed by atoms with E-state index in [1.165, 1.54) is 0 Å². The molecule has 0 aliphatic rings. The van der Waals surface area contributed by atoms with Gasteiger partial charge < -0.3 is 4.74 Å². The van der Waals surface area contributed by atoms with Crippen molar-refractivity contribution < 1.29 is 9.53 Å². The summed E-state index contributed by atoms with van der Waals surface area (Å²) in [5.41, 5.74) is 4.45. The molecule has 0 aliphatic carbocycles. The summed E-state index contributed by atoms with van der Waals surface area (Å²) in [6.07, 6.45) is 0. The highest BCUT2D eigenvalue weighted by Crippen LogP contribution is 2.31. The van der Waals surface area contributed by atoms with Gasteiger partial charge in [0, 0.05) is 16.3 Å². The number of carbonyl (C=O) groups excluding carboxylic acids is 1. The molecule has 6 heteroatoms. The highest BCUT2D eigenvalue weighted by molar-refractivity contribution is 6.30. The number of hydrogen-bond donors (Lipinski definition) is 0. The number of ether oxygens (including phenoxy) is 1. The number of nitrogens with zero attached hydrogens (tertiary/aromatic N) is 3. The fraction of sp³-hybridized carbons (Fsp3) is 0.316. The van der Waals surface area contributed by atoms with Gasteiger partial charge in [0.1, 0.15) is 0 Å². The third kappa shape index (κ3) is 3.24. The van der Waals surface area contributed by atoms with Crippen LogP contribution >= 0.6 is 11.6 Å². The van der Waals surface area contributed by atoms with Crippen LogP contribution in [0.5, 0.6) is 0 Å². The van der Waals surface area contributed by atoms with E-state index in [1.54, 1.807) is 17.5 Å². The average molecular weight is 358 g/mol. The van der Waals surface area contributed by atoms with Crippen LogP contribution in [0.25, 0.3) is 16.8 Å². The summed E-state index contributed by atoms with van der Waals surface area (Å²) in [7, 11) is 0. The van der Waals surface area contributed by atoms with Gasteiger partial charge in [-0.05, 0) is 43.5 Å². The lowest BCUT2D eigenvalue weighted by Gasteiger charge is -2.11. The lowest BCUT2D eigenvalue weighted by Crippen LogP contribution is -2.12. The smallest absolute Gasteiger partial charge is 0.357 e. The molecule has 1 aromatic carbocycles. The predicted molar refractivity (Wildman–Crippen MR) is 98.2 cm³/mol. The first kappa shape index (κ1) is 17.4. The van der Waals surface area contributed by atoms with Crippen LogP contribution in [-0.4, -0.2) is 27.2 Å². The van der Waals surface area contributed by atoms with Crippen molar-refractivity contribution in [2.45, 2.75) is 33.6 Å². The van der Waals surface area contributed by atoms with Crippen molar-refractivity contribution in [1.82, 2.24) is 14.6 Å². The number of aromatic nitrogens is 3. The summed E-state index contributed by atoms with van der Waals surface area (Å²) in [4.78, 5) is 16.8. The Hall–Kier alpha value is -2.40. The summed E-state index contributed by atoms with van der Waals surface area (Å²) >= 11 is 6.15. The molecule has 0 fully saturated rings. The number of benzene rings is 1. The minimum Gasteiger partial charge on any atom is -0.461 e. The van der Waals surface area contributed by atoms with E-state index in [-0.39, 0.29) is 5.92 Å². The molecule has 0 aliphatic heterocycles. The lowest BCUT2D eigenvalue weighted by molar-refractivity contribution is 0.0519. The Labute approximate surface area is 151 Å². The maximum absolute atomic E-state index is 12.2. The Kier molecular flexibility index (Phi) is 4.77. The number of fused-ring (bicyclic) bond motifs is 1. The molecular formula is C19H20ClN3O2. The van der Waals surface area contributed by atoms with Gasteiger partial charge in [-0.15, -0.1) is 0 Å². The number of rotatable bonds is 4. The van der Waals surface area contributed by atoms with Gasteiger partial charge in [-0.3, -0.25) is 0 Å². The molecular weight excluding hydrogens is 338 g/mol. The second-order valence-corrected chi connectivity index (χ2v) is 6.58. The zero-order chi connectivity index (χ0) is 18.1. The molecule has 0 atom stereocenters. The van der Waals surface area contributed by atoms with Crippen LogP contribution < -0.4 is 0 Å². The van der Waals surface area contributed by atoms with Crippen LogP contribution in [-0.2, 0) is 4.74 Å². The molecule has 0 saturated carbocycles. The van der Waals surface area contributed by atoms with Gasteiger partial charge in [0.05, 0.1) is 12.3 Å². The van der Waals surface area contributed by atoms with Crippen LogP contribution in [0.15, 0.2) is 30.3 Å². The second kappa shape index (κ2) is 6.84. The number of hydrogen-bond acceptors (Lipinski definition) is 4. The average Bonchev–Trinajstić information content (AvgIpc) is 2.89. The first-order chi connectivity index (χ1) is 11.9. The van der Waals surface area contributed by atoms with Gasteiger partial charge in [0.15, 0.2) is 11.3 Å². The number of carbonyl (C=O) groups is 1. The van der Waals surface area contributed by atoms with E-state index in [4.69, 9.17) is 16.3 Å². The van der Waals surface area contributed by atoms with Crippen molar-refractivity contribution in [3.05, 3.63) is 52.4 Å². The van der Waals surface area contributed by atoms with Gasteiger partial charge in [-0.25, -0.2) is 14.3 Å². The molecule has 0 amide bonds. The first-order valence-electron chi connectivity index (χ1n) is 8.25. The minimum atomic E-state index is -0.428. The Balaban J connectivity index is 2.31. The summed E-state index contributed by atoms with van der Waals surface area (Å²) in [5, 5.41) is 5.29. The van der Waals surface area contributed by atoms with Crippen molar-refractivity contribution in [2.24, 2.45) is 0 Å². The largest absolute Gasteiger partial charge is 0.461 e. The summed E-state index contributed by atoms with van der Waals surface area (Å²) in [6.45, 7) is 8.13. The third-order valence-corrected chi connectivity index (χ3v) is 4.22. The molecule has 2 heterocycles. The van der Waals surface area contributed by atoms with Gasteiger partial charge >= 0.3 is 5.97 Å². The molecule has 0 N–H and O–H groups in total. The molecule has 130 valence electrons. The minimum absolute atomic E-state index is 0.171. The lowest BCUT2D eigenvalue weighted by atomic mass is 10.1. The number of esters is 1. The molecule has 0 saturated heterocycles. The Morgan fingerprint density at radius 2 is 2.08 bits per heavy atom. The monoisotopic (exact) mass is 357 g/mol. The first-order valence-corrected chi connectivity index (χ1v) is 8.63. The summed E-state index contributed by atoms with van der Waals surface area (Å²) in [5.74, 6) is -0.256. The quantitative estimate of drug-likeness (QED) is 0.637. The zero-order valence-corrected chi connectivity index (χ0v) is 15.5. The van der Waals surface area contributed by atoms with Crippen molar-refractivity contribution in [2.75, 3.05) is 6.61 Å². The van der Waals surface area contributed by atoms with Crippen LogP contribution in [0.2, 0.25) is 5.02 Å². The van der Waals surface area contributed by atoms with Crippen LogP contribution in [0, 0.1) is 6.92 Å². The molecule has 0 spiro atoms. The molecule has 2 aromatic heterocycles. The fourth-order valence-electron chi connectivity index (χ4n) is 2.85. The Morgan fingerprint density at radius 3 is 2.72 bits per heavy atom. The highest BCUT2D eigenvalue weighted by atomic mass is 35.5. The maximum Gasteiger partial charge on any atom is 0.357 e. The highest BCUT2D eigenvalue weighted by Gasteiger charge is 2.21. The van der Waals surface area contributed by atoms with Crippen LogP contribution in [0.3, 0.4) is 0 Å². The van der Waals surface area contributed by atoms with Gasteiger partial charge in [0.25, 0.3) is 0 Å². The van der Waals surface area contributed by atoms with Gasteiger partial charge in [-0.2, -0.15) is 5.10 Å². The predicted octanol–water partition coefficient (Wildman–Crippen LogP) is 4.66. The maximum atomic E-state index is 12.2. The van der Waals surface area contributed by atoms with E-state index in [0.717, 1.165) is 22.5 Å². The molecule has 0 bridgehead atoms. The molecule has 0 radical (unpaired) electrons. The van der Waals surface area contributed by atoms with Crippen molar-refractivity contribution in [1.29, 1.82) is 0 Å². The standard InChI is InChI=1S/C19H20ClN3O2/c1-5-25-19(24)15-10-16(11(2)3)23-18(21-15)17(12(4)22-23)13-7-6-8-14(20)9-13/h6-11H,5H2,1-4H3. The van der Waals surface area contributed by atoms with E-state index in [0.29, 0.717) is 23.0 Å². The van der Waals surface area contributed by atoms with E-state index < -0.39 is 5.97 Å². The van der Waals surface area contributed by atoms with Crippen molar-refractivity contribution in [3.8, 4) is 11.1 Å². The SMILES string of the molecule is CCOC(=O)c1cc(C(C)C)n2nc(C)c(-c3cccc(Cl)c3)c2n1. The van der Waals surface area contributed by atoms with E-state index in [9.17, 15) is 4.79 Å². The molecule has 5 nitrogen and oxygen atoms in total. The van der Waals surface area contributed by atoms with Crippen LogP contribution in [0.1, 0.15) is 48.6 Å². The molecule has 0 unspecified atom stereocenters. The fourth-order valence-corrected chi connectivity index (χ4v) is 3.04. The Bertz CT molecular complexity index is 947. The normalized spacial score (nSPS) is 11.3. The third-order valence-electron chi connectivity index (χ3n) is 3.98. The molecule has 3 rings (SSSR count). The second-order valence-electron chi connectivity index (χ2n) is 6.15. The van der Waals surface area contributed by atoms with Crippen molar-refractivity contribution in [3.63, 3.8) is 0 Å². The summed E-state index contributed by atoms with van der Waals surface area (Å²) < 4.78 is 6.94. The number of halogens is 1. The molecule has 25 heavy (non-hydrogen) atoms. The van der Waals surface area contributed by atoms with Crippen molar-refractivity contribution >= 4 is 23.2 Å². The van der Waals surface area contributed by atoms with Crippen LogP contribution in [0.4, 0.5) is 0 Å².